The second-order valence-corrected chi connectivity index (χ2v) is 9.99. The van der Waals surface area contributed by atoms with Crippen LogP contribution < -0.4 is 0 Å². The summed E-state index contributed by atoms with van der Waals surface area (Å²) in [6, 6.07) is 12.8. The SMILES string of the molecule is COC(=O)c1ccc2c(c1)CC1(CC2)CCN(S(=O)(=O)c2ccc(C)cc2)C1. The number of carbonyl (C=O) groups is 1. The fourth-order valence-corrected chi connectivity index (χ4v) is 6.03. The van der Waals surface area contributed by atoms with Crippen LogP contribution in [0.1, 0.15) is 39.9 Å². The number of hydrogen-bond donors (Lipinski definition) is 0. The molecule has 2 aromatic carbocycles. The molecule has 0 amide bonds. The maximum Gasteiger partial charge on any atom is 0.337 e. The smallest absolute Gasteiger partial charge is 0.337 e. The van der Waals surface area contributed by atoms with Gasteiger partial charge in [-0.2, -0.15) is 4.31 Å². The third kappa shape index (κ3) is 3.35. The minimum absolute atomic E-state index is 0.0560. The van der Waals surface area contributed by atoms with Crippen LogP contribution in [-0.2, 0) is 27.6 Å². The van der Waals surface area contributed by atoms with Crippen molar-refractivity contribution in [1.82, 2.24) is 4.31 Å². The summed E-state index contributed by atoms with van der Waals surface area (Å²) in [7, 11) is -2.09. The molecule has 2 aliphatic rings. The number of carbonyl (C=O) groups excluding carboxylic acids is 1. The molecule has 28 heavy (non-hydrogen) atoms. The Balaban J connectivity index is 1.57. The molecule has 0 bridgehead atoms. The van der Waals surface area contributed by atoms with Crippen LogP contribution in [0, 0.1) is 12.3 Å². The molecular formula is C22H25NO4S. The molecular weight excluding hydrogens is 374 g/mol. The summed E-state index contributed by atoms with van der Waals surface area (Å²) in [6.07, 6.45) is 3.53. The van der Waals surface area contributed by atoms with Gasteiger partial charge in [-0.1, -0.05) is 23.8 Å². The van der Waals surface area contributed by atoms with E-state index in [2.05, 4.69) is 0 Å². The predicted octanol–water partition coefficient (Wildman–Crippen LogP) is 3.35. The second kappa shape index (κ2) is 7.01. The molecule has 1 aliphatic carbocycles. The number of nitrogens with zero attached hydrogens (tertiary/aromatic N) is 1. The molecule has 0 N–H and O–H groups in total. The van der Waals surface area contributed by atoms with Crippen LogP contribution in [0.25, 0.3) is 0 Å². The van der Waals surface area contributed by atoms with Crippen LogP contribution in [0.4, 0.5) is 0 Å². The molecule has 4 rings (SSSR count). The number of aryl methyl sites for hydroxylation is 2. The molecule has 6 heteroatoms. The van der Waals surface area contributed by atoms with Crippen molar-refractivity contribution in [2.75, 3.05) is 20.2 Å². The van der Waals surface area contributed by atoms with E-state index in [4.69, 9.17) is 4.74 Å². The van der Waals surface area contributed by atoms with Gasteiger partial charge in [-0.05, 0) is 73.4 Å². The molecule has 148 valence electrons. The minimum atomic E-state index is -3.47. The Labute approximate surface area is 166 Å². The predicted molar refractivity (Wildman–Crippen MR) is 107 cm³/mol. The average Bonchev–Trinajstić information content (AvgIpc) is 3.11. The summed E-state index contributed by atoms with van der Waals surface area (Å²) in [4.78, 5) is 12.2. The Kier molecular flexibility index (Phi) is 4.79. The number of sulfonamides is 1. The van der Waals surface area contributed by atoms with Crippen molar-refractivity contribution >= 4 is 16.0 Å². The highest BCUT2D eigenvalue weighted by Gasteiger charge is 2.44. The van der Waals surface area contributed by atoms with Crippen molar-refractivity contribution in [3.05, 3.63) is 64.7 Å². The van der Waals surface area contributed by atoms with E-state index in [1.807, 2.05) is 37.3 Å². The highest BCUT2D eigenvalue weighted by atomic mass is 32.2. The molecule has 0 radical (unpaired) electrons. The summed E-state index contributed by atoms with van der Waals surface area (Å²) >= 11 is 0. The van der Waals surface area contributed by atoms with Gasteiger partial charge >= 0.3 is 5.97 Å². The van der Waals surface area contributed by atoms with Crippen LogP contribution >= 0.6 is 0 Å². The van der Waals surface area contributed by atoms with E-state index in [9.17, 15) is 13.2 Å². The van der Waals surface area contributed by atoms with Gasteiger partial charge in [0.1, 0.15) is 0 Å². The molecule has 1 heterocycles. The molecule has 2 aromatic rings. The summed E-state index contributed by atoms with van der Waals surface area (Å²) in [5, 5.41) is 0. The van der Waals surface area contributed by atoms with Crippen LogP contribution in [0.5, 0.6) is 0 Å². The fourth-order valence-electron chi connectivity index (χ4n) is 4.48. The molecule has 0 aromatic heterocycles. The number of methoxy groups -OCH3 is 1. The van der Waals surface area contributed by atoms with Crippen molar-refractivity contribution in [2.24, 2.45) is 5.41 Å². The first-order valence-electron chi connectivity index (χ1n) is 9.60. The Bertz CT molecular complexity index is 1010. The van der Waals surface area contributed by atoms with Gasteiger partial charge in [0.15, 0.2) is 0 Å². The van der Waals surface area contributed by atoms with Gasteiger partial charge in [-0.25, -0.2) is 13.2 Å². The van der Waals surface area contributed by atoms with Crippen molar-refractivity contribution < 1.29 is 17.9 Å². The number of ether oxygens (including phenoxy) is 1. The second-order valence-electron chi connectivity index (χ2n) is 8.05. The van der Waals surface area contributed by atoms with E-state index in [0.717, 1.165) is 36.8 Å². The first-order chi connectivity index (χ1) is 13.3. The van der Waals surface area contributed by atoms with E-state index in [1.54, 1.807) is 16.4 Å². The Morgan fingerprint density at radius 2 is 1.82 bits per heavy atom. The first-order valence-corrected chi connectivity index (χ1v) is 11.0. The maximum atomic E-state index is 13.1. The monoisotopic (exact) mass is 399 g/mol. The Morgan fingerprint density at radius 1 is 1.07 bits per heavy atom. The van der Waals surface area contributed by atoms with E-state index in [1.165, 1.54) is 12.7 Å². The molecule has 1 fully saturated rings. The summed E-state index contributed by atoms with van der Waals surface area (Å²) in [5.41, 5.74) is 3.93. The minimum Gasteiger partial charge on any atom is -0.465 e. The highest BCUT2D eigenvalue weighted by molar-refractivity contribution is 7.89. The zero-order valence-electron chi connectivity index (χ0n) is 16.3. The zero-order chi connectivity index (χ0) is 19.9. The molecule has 1 unspecified atom stereocenters. The van der Waals surface area contributed by atoms with Crippen molar-refractivity contribution in [1.29, 1.82) is 0 Å². The van der Waals surface area contributed by atoms with E-state index >= 15 is 0 Å². The third-order valence-electron chi connectivity index (χ3n) is 6.18. The number of esters is 1. The van der Waals surface area contributed by atoms with Gasteiger partial charge in [-0.15, -0.1) is 0 Å². The zero-order valence-corrected chi connectivity index (χ0v) is 17.1. The van der Waals surface area contributed by atoms with Crippen molar-refractivity contribution in [2.45, 2.75) is 37.5 Å². The molecule has 1 atom stereocenters. The van der Waals surface area contributed by atoms with Crippen LogP contribution in [0.2, 0.25) is 0 Å². The van der Waals surface area contributed by atoms with E-state index in [0.29, 0.717) is 23.5 Å². The Morgan fingerprint density at radius 3 is 2.54 bits per heavy atom. The molecule has 1 aliphatic heterocycles. The maximum absolute atomic E-state index is 13.1. The number of benzene rings is 2. The molecule has 5 nitrogen and oxygen atoms in total. The lowest BCUT2D eigenvalue weighted by atomic mass is 9.71. The van der Waals surface area contributed by atoms with Gasteiger partial charge in [0.25, 0.3) is 0 Å². The Hall–Kier alpha value is -2.18. The first kappa shape index (κ1) is 19.2. The quantitative estimate of drug-likeness (QED) is 0.743. The molecule has 1 saturated heterocycles. The number of hydrogen-bond acceptors (Lipinski definition) is 4. The summed E-state index contributed by atoms with van der Waals surface area (Å²) in [5.74, 6) is -0.336. The number of fused-ring (bicyclic) bond motifs is 1. The van der Waals surface area contributed by atoms with Gasteiger partial charge in [0, 0.05) is 13.1 Å². The largest absolute Gasteiger partial charge is 0.465 e. The fraction of sp³-hybridized carbons (Fsp3) is 0.409. The van der Waals surface area contributed by atoms with Gasteiger partial charge < -0.3 is 4.74 Å². The third-order valence-corrected chi connectivity index (χ3v) is 8.04. The molecule has 1 spiro atoms. The lowest BCUT2D eigenvalue weighted by Crippen LogP contribution is -2.35. The topological polar surface area (TPSA) is 63.7 Å². The summed E-state index contributed by atoms with van der Waals surface area (Å²) in [6.45, 7) is 3.02. The van der Waals surface area contributed by atoms with Gasteiger partial charge in [0.2, 0.25) is 10.0 Å². The lowest BCUT2D eigenvalue weighted by Gasteiger charge is -2.35. The van der Waals surface area contributed by atoms with Crippen LogP contribution in [0.15, 0.2) is 47.4 Å². The lowest BCUT2D eigenvalue weighted by molar-refractivity contribution is 0.0600. The van der Waals surface area contributed by atoms with E-state index in [-0.39, 0.29) is 11.4 Å². The average molecular weight is 400 g/mol. The summed E-state index contributed by atoms with van der Waals surface area (Å²) < 4.78 is 32.6. The van der Waals surface area contributed by atoms with Crippen LogP contribution in [-0.4, -0.2) is 38.9 Å². The van der Waals surface area contributed by atoms with Gasteiger partial charge in [0.05, 0.1) is 17.6 Å². The van der Waals surface area contributed by atoms with Gasteiger partial charge in [-0.3, -0.25) is 0 Å². The van der Waals surface area contributed by atoms with Crippen molar-refractivity contribution in [3.63, 3.8) is 0 Å². The van der Waals surface area contributed by atoms with Crippen molar-refractivity contribution in [3.8, 4) is 0 Å². The normalized spacial score (nSPS) is 22.2. The number of rotatable bonds is 3. The standard InChI is InChI=1S/C22H25NO4S/c1-16-3-7-20(8-4-16)28(25,26)23-12-11-22(15-23)10-9-17-5-6-18(21(24)27-2)13-19(17)14-22/h3-8,13H,9-12,14-15H2,1-2H3. The van der Waals surface area contributed by atoms with E-state index < -0.39 is 10.0 Å². The van der Waals surface area contributed by atoms with Crippen LogP contribution in [0.3, 0.4) is 0 Å². The molecule has 0 saturated carbocycles. The highest BCUT2D eigenvalue weighted by Crippen LogP contribution is 2.44.